The summed E-state index contributed by atoms with van der Waals surface area (Å²) in [6.07, 6.45) is -2.80. The lowest BCUT2D eigenvalue weighted by Gasteiger charge is -2.40. The first-order valence-corrected chi connectivity index (χ1v) is 11.7. The van der Waals surface area contributed by atoms with Gasteiger partial charge in [0.2, 0.25) is 11.9 Å². The van der Waals surface area contributed by atoms with Crippen LogP contribution in [0.5, 0.6) is 0 Å². The predicted molar refractivity (Wildman–Crippen MR) is 127 cm³/mol. The highest BCUT2D eigenvalue weighted by Crippen LogP contribution is 2.30. The molecule has 0 unspecified atom stereocenters. The van der Waals surface area contributed by atoms with Crippen LogP contribution < -0.4 is 15.5 Å². The zero-order valence-electron chi connectivity index (χ0n) is 19.5. The van der Waals surface area contributed by atoms with E-state index in [0.717, 1.165) is 0 Å². The molecule has 1 aromatic carbocycles. The Balaban J connectivity index is 1.59. The summed E-state index contributed by atoms with van der Waals surface area (Å²) in [5.74, 6) is 0.894. The molecular weight excluding hydrogens is 458 g/mol. The number of imidazole rings is 1. The Kier molecular flexibility index (Phi) is 6.48. The summed E-state index contributed by atoms with van der Waals surface area (Å²) in [4.78, 5) is 31.6. The summed E-state index contributed by atoms with van der Waals surface area (Å²) in [6, 6.07) is 8.77. The van der Waals surface area contributed by atoms with Crippen LogP contribution in [0, 0.1) is 0 Å². The normalized spacial score (nSPS) is 19.1. The molecule has 4 heterocycles. The van der Waals surface area contributed by atoms with Gasteiger partial charge in [-0.1, -0.05) is 12.1 Å². The highest BCUT2D eigenvalue weighted by molar-refractivity contribution is 5.79. The van der Waals surface area contributed by atoms with E-state index in [9.17, 15) is 13.6 Å². The summed E-state index contributed by atoms with van der Waals surface area (Å²) >= 11 is 0. The maximum Gasteiger partial charge on any atom is 0.296 e. The number of fused-ring (bicyclic) bond motifs is 1. The van der Waals surface area contributed by atoms with Crippen molar-refractivity contribution in [2.75, 3.05) is 62.3 Å². The molecule has 3 aromatic rings. The zero-order chi connectivity index (χ0) is 24.5. The van der Waals surface area contributed by atoms with Gasteiger partial charge < -0.3 is 25.2 Å². The Bertz CT molecular complexity index is 1210. The fourth-order valence-electron chi connectivity index (χ4n) is 4.68. The molecule has 2 aliphatic rings. The third-order valence-corrected chi connectivity index (χ3v) is 6.45. The van der Waals surface area contributed by atoms with E-state index >= 15 is 0 Å². The van der Waals surface area contributed by atoms with Crippen LogP contribution in [0.3, 0.4) is 0 Å². The van der Waals surface area contributed by atoms with E-state index in [1.165, 1.54) is 4.57 Å². The van der Waals surface area contributed by atoms with E-state index in [-0.39, 0.29) is 24.4 Å². The quantitative estimate of drug-likeness (QED) is 0.580. The molecule has 186 valence electrons. The van der Waals surface area contributed by atoms with E-state index in [4.69, 9.17) is 20.4 Å². The maximum atomic E-state index is 14.0. The van der Waals surface area contributed by atoms with E-state index in [0.29, 0.717) is 68.6 Å². The Morgan fingerprint density at radius 2 is 1.80 bits per heavy atom. The average Bonchev–Trinajstić information content (AvgIpc) is 3.28. The van der Waals surface area contributed by atoms with Gasteiger partial charge in [-0.15, -0.1) is 0 Å². The Morgan fingerprint density at radius 1 is 1.09 bits per heavy atom. The lowest BCUT2D eigenvalue weighted by molar-refractivity contribution is -0.132. The van der Waals surface area contributed by atoms with Gasteiger partial charge in [-0.05, 0) is 19.1 Å². The minimum atomic E-state index is -2.80. The summed E-state index contributed by atoms with van der Waals surface area (Å²) in [6.45, 7) is 5.90. The molecule has 1 atom stereocenters. The number of anilines is 2. The average molecular weight is 487 g/mol. The third-order valence-electron chi connectivity index (χ3n) is 6.45. The molecule has 2 aliphatic heterocycles. The predicted octanol–water partition coefficient (Wildman–Crippen LogP) is 1.59. The molecule has 2 saturated heterocycles. The second-order valence-electron chi connectivity index (χ2n) is 8.66. The van der Waals surface area contributed by atoms with Crippen LogP contribution in [0.15, 0.2) is 30.3 Å². The van der Waals surface area contributed by atoms with Gasteiger partial charge in [0.25, 0.3) is 6.43 Å². The fourth-order valence-corrected chi connectivity index (χ4v) is 4.68. The monoisotopic (exact) mass is 486 g/mol. The fraction of sp³-hybridized carbons (Fsp3) is 0.478. The van der Waals surface area contributed by atoms with Gasteiger partial charge in [-0.25, -0.2) is 13.8 Å². The highest BCUT2D eigenvalue weighted by atomic mass is 19.3. The first-order valence-electron chi connectivity index (χ1n) is 11.7. The molecular formula is C23H28F2N8O2. The van der Waals surface area contributed by atoms with Crippen LogP contribution in [-0.4, -0.2) is 88.9 Å². The van der Waals surface area contributed by atoms with Gasteiger partial charge in [0, 0.05) is 44.8 Å². The molecule has 0 saturated carbocycles. The second kappa shape index (κ2) is 9.70. The molecule has 1 amide bonds. The van der Waals surface area contributed by atoms with Crippen LogP contribution in [0.1, 0.15) is 19.2 Å². The van der Waals surface area contributed by atoms with E-state index in [1.54, 1.807) is 29.2 Å². The van der Waals surface area contributed by atoms with Crippen molar-refractivity contribution in [2.45, 2.75) is 19.4 Å². The van der Waals surface area contributed by atoms with Gasteiger partial charge in [0.15, 0.2) is 5.82 Å². The Labute approximate surface area is 201 Å². The number of aromatic nitrogens is 4. The number of carbonyl (C=O) groups is 1. The van der Waals surface area contributed by atoms with Crippen LogP contribution >= 0.6 is 0 Å². The van der Waals surface area contributed by atoms with Crippen molar-refractivity contribution < 1.29 is 18.3 Å². The van der Waals surface area contributed by atoms with Gasteiger partial charge in [-0.2, -0.15) is 9.97 Å². The molecule has 0 radical (unpaired) electrons. The molecule has 0 bridgehead atoms. The summed E-state index contributed by atoms with van der Waals surface area (Å²) in [5, 5.41) is 0. The molecule has 2 N–H and O–H groups in total. The lowest BCUT2D eigenvalue weighted by atomic mass is 10.2. The molecule has 2 aromatic heterocycles. The van der Waals surface area contributed by atoms with Crippen molar-refractivity contribution in [1.82, 2.24) is 24.4 Å². The zero-order valence-corrected chi connectivity index (χ0v) is 19.5. The van der Waals surface area contributed by atoms with Crippen molar-refractivity contribution in [1.29, 1.82) is 0 Å². The van der Waals surface area contributed by atoms with E-state index in [1.807, 2.05) is 13.0 Å². The third kappa shape index (κ3) is 4.50. The topological polar surface area (TPSA) is 106 Å². The molecule has 10 nitrogen and oxygen atoms in total. The number of piperazine rings is 1. The van der Waals surface area contributed by atoms with Gasteiger partial charge in [0.1, 0.15) is 11.6 Å². The number of hydrogen-bond acceptors (Lipinski definition) is 8. The molecule has 2 fully saturated rings. The molecule has 0 aliphatic carbocycles. The standard InChI is InChI=1S/C23H28F2N8O2/c1-15-14-31(6-7-32(15)20(34)13-26)19-12-18(30-8-10-35-11-9-30)28-23(29-19)33-17-5-3-2-4-16(17)27-22(33)21(24)25/h2-5,12,15,21H,6-11,13-14,26H2,1H3/t15-/m1/s1. The molecule has 12 heteroatoms. The van der Waals surface area contributed by atoms with E-state index < -0.39 is 12.2 Å². The number of benzene rings is 1. The van der Waals surface area contributed by atoms with Crippen molar-refractivity contribution >= 4 is 28.6 Å². The summed E-state index contributed by atoms with van der Waals surface area (Å²) < 4.78 is 34.9. The number of rotatable bonds is 5. The smallest absolute Gasteiger partial charge is 0.296 e. The van der Waals surface area contributed by atoms with Crippen LogP contribution in [0.25, 0.3) is 17.0 Å². The number of amides is 1. The van der Waals surface area contributed by atoms with Gasteiger partial charge >= 0.3 is 0 Å². The second-order valence-corrected chi connectivity index (χ2v) is 8.66. The number of alkyl halides is 2. The van der Waals surface area contributed by atoms with Crippen molar-refractivity contribution in [2.24, 2.45) is 5.73 Å². The summed E-state index contributed by atoms with van der Waals surface area (Å²) in [7, 11) is 0. The maximum absolute atomic E-state index is 14.0. The first kappa shape index (κ1) is 23.4. The first-order chi connectivity index (χ1) is 17.0. The van der Waals surface area contributed by atoms with Gasteiger partial charge in [-0.3, -0.25) is 9.36 Å². The Hall–Kier alpha value is -3.38. The highest BCUT2D eigenvalue weighted by Gasteiger charge is 2.29. The number of hydrogen-bond donors (Lipinski definition) is 1. The number of carbonyl (C=O) groups excluding carboxylic acids is 1. The molecule has 35 heavy (non-hydrogen) atoms. The van der Waals surface area contributed by atoms with Crippen molar-refractivity contribution in [3.05, 3.63) is 36.2 Å². The number of nitrogens with zero attached hydrogens (tertiary/aromatic N) is 7. The summed E-state index contributed by atoms with van der Waals surface area (Å²) in [5.41, 5.74) is 6.52. The van der Waals surface area contributed by atoms with Crippen molar-refractivity contribution in [3.8, 4) is 5.95 Å². The van der Waals surface area contributed by atoms with Crippen LogP contribution in [0.2, 0.25) is 0 Å². The largest absolute Gasteiger partial charge is 0.378 e. The number of ether oxygens (including phenoxy) is 1. The van der Waals surface area contributed by atoms with Gasteiger partial charge in [0.05, 0.1) is 30.8 Å². The lowest BCUT2D eigenvalue weighted by Crippen LogP contribution is -2.55. The van der Waals surface area contributed by atoms with Crippen LogP contribution in [-0.2, 0) is 9.53 Å². The molecule has 5 rings (SSSR count). The van der Waals surface area contributed by atoms with Crippen LogP contribution in [0.4, 0.5) is 20.4 Å². The number of para-hydroxylation sites is 2. The van der Waals surface area contributed by atoms with Crippen molar-refractivity contribution in [3.63, 3.8) is 0 Å². The Morgan fingerprint density at radius 3 is 2.49 bits per heavy atom. The number of morpholine rings is 1. The molecule has 0 spiro atoms. The minimum Gasteiger partial charge on any atom is -0.378 e. The SMILES string of the molecule is C[C@@H]1CN(c2cc(N3CCOCC3)nc(-n3c(C(F)F)nc4ccccc43)n2)CCN1C(=O)CN. The van der Waals surface area contributed by atoms with E-state index in [2.05, 4.69) is 14.8 Å². The number of nitrogens with two attached hydrogens (primary N) is 1. The minimum absolute atomic E-state index is 0.0344. The number of halogens is 2.